The molecule has 1 heterocycles. The number of methoxy groups -OCH3 is 2. The molecule has 0 atom stereocenters. The Bertz CT molecular complexity index is 764. The van der Waals surface area contributed by atoms with Crippen LogP contribution in [0.2, 0.25) is 5.02 Å². The van der Waals surface area contributed by atoms with Crippen molar-refractivity contribution in [2.24, 2.45) is 0 Å². The molecular weight excluding hydrogens is 328 g/mol. The summed E-state index contributed by atoms with van der Waals surface area (Å²) < 4.78 is 10.7. The molecule has 2 aromatic carbocycles. The molecule has 5 nitrogen and oxygen atoms in total. The highest BCUT2D eigenvalue weighted by molar-refractivity contribution is 6.30. The number of urea groups is 1. The maximum atomic E-state index is 12.5. The highest BCUT2D eigenvalue weighted by Gasteiger charge is 2.23. The fourth-order valence-electron chi connectivity index (χ4n) is 2.83. The van der Waals surface area contributed by atoms with Gasteiger partial charge < -0.3 is 19.7 Å². The highest BCUT2D eigenvalue weighted by atomic mass is 35.5. The number of halogens is 1. The van der Waals surface area contributed by atoms with Gasteiger partial charge >= 0.3 is 6.03 Å². The van der Waals surface area contributed by atoms with Crippen molar-refractivity contribution in [1.29, 1.82) is 0 Å². The minimum atomic E-state index is -0.141. The Balaban J connectivity index is 1.75. The van der Waals surface area contributed by atoms with Crippen molar-refractivity contribution in [3.63, 3.8) is 0 Å². The van der Waals surface area contributed by atoms with Crippen LogP contribution >= 0.6 is 11.6 Å². The van der Waals surface area contributed by atoms with Gasteiger partial charge in [0, 0.05) is 23.8 Å². The first-order valence-electron chi connectivity index (χ1n) is 7.66. The second kappa shape index (κ2) is 7.01. The number of hydrogen-bond acceptors (Lipinski definition) is 3. The fraction of sp³-hybridized carbons (Fsp3) is 0.278. The van der Waals surface area contributed by atoms with Crippen LogP contribution in [0.3, 0.4) is 0 Å². The molecule has 0 aliphatic carbocycles. The van der Waals surface area contributed by atoms with E-state index in [1.807, 2.05) is 18.2 Å². The molecule has 6 heteroatoms. The number of rotatable bonds is 3. The molecule has 24 heavy (non-hydrogen) atoms. The van der Waals surface area contributed by atoms with Crippen LogP contribution in [0.1, 0.15) is 11.1 Å². The van der Waals surface area contributed by atoms with Crippen LogP contribution in [-0.2, 0) is 13.0 Å². The van der Waals surface area contributed by atoms with Crippen LogP contribution in [0.15, 0.2) is 36.4 Å². The van der Waals surface area contributed by atoms with E-state index in [1.165, 1.54) is 5.56 Å². The second-order valence-electron chi connectivity index (χ2n) is 5.59. The molecule has 0 radical (unpaired) electrons. The summed E-state index contributed by atoms with van der Waals surface area (Å²) in [5.41, 5.74) is 2.94. The third kappa shape index (κ3) is 3.41. The average Bonchev–Trinajstić information content (AvgIpc) is 2.59. The predicted molar refractivity (Wildman–Crippen MR) is 94.1 cm³/mol. The molecule has 0 saturated heterocycles. The molecule has 0 saturated carbocycles. The van der Waals surface area contributed by atoms with Crippen molar-refractivity contribution in [3.05, 3.63) is 52.5 Å². The zero-order valence-electron chi connectivity index (χ0n) is 13.6. The molecule has 0 aromatic heterocycles. The molecule has 1 N–H and O–H groups in total. The lowest BCUT2D eigenvalue weighted by atomic mass is 9.99. The van der Waals surface area contributed by atoms with Gasteiger partial charge in [0.15, 0.2) is 11.5 Å². The van der Waals surface area contributed by atoms with Gasteiger partial charge in [0.1, 0.15) is 0 Å². The molecule has 126 valence electrons. The normalized spacial score (nSPS) is 13.2. The number of nitrogens with zero attached hydrogens (tertiary/aromatic N) is 1. The largest absolute Gasteiger partial charge is 0.493 e. The van der Waals surface area contributed by atoms with Gasteiger partial charge in [-0.1, -0.05) is 17.7 Å². The maximum Gasteiger partial charge on any atom is 0.322 e. The van der Waals surface area contributed by atoms with E-state index in [0.717, 1.165) is 12.0 Å². The number of amides is 2. The molecule has 1 aliphatic rings. The maximum absolute atomic E-state index is 12.5. The van der Waals surface area contributed by atoms with Gasteiger partial charge in [-0.05, 0) is 47.9 Å². The van der Waals surface area contributed by atoms with Crippen LogP contribution in [-0.4, -0.2) is 31.7 Å². The number of carbonyl (C=O) groups is 1. The number of benzene rings is 2. The van der Waals surface area contributed by atoms with Gasteiger partial charge in [-0.3, -0.25) is 0 Å². The van der Waals surface area contributed by atoms with Crippen molar-refractivity contribution in [2.45, 2.75) is 13.0 Å². The van der Waals surface area contributed by atoms with Crippen molar-refractivity contribution in [3.8, 4) is 11.5 Å². The average molecular weight is 347 g/mol. The molecule has 2 aromatic rings. The van der Waals surface area contributed by atoms with Crippen LogP contribution in [0.25, 0.3) is 0 Å². The van der Waals surface area contributed by atoms with E-state index in [9.17, 15) is 4.79 Å². The van der Waals surface area contributed by atoms with Crippen molar-refractivity contribution < 1.29 is 14.3 Å². The van der Waals surface area contributed by atoms with E-state index >= 15 is 0 Å². The SMILES string of the molecule is COc1cc2c(cc1OC)CN(C(=O)Nc1cccc(Cl)c1)CC2. The molecule has 0 unspecified atom stereocenters. The Morgan fingerprint density at radius 1 is 1.12 bits per heavy atom. The Kier molecular flexibility index (Phi) is 4.81. The molecule has 3 rings (SSSR count). The Morgan fingerprint density at radius 3 is 2.50 bits per heavy atom. The van der Waals surface area contributed by atoms with Gasteiger partial charge in [-0.25, -0.2) is 4.79 Å². The second-order valence-corrected chi connectivity index (χ2v) is 6.02. The van der Waals surface area contributed by atoms with Gasteiger partial charge in [0.2, 0.25) is 0 Å². The fourth-order valence-corrected chi connectivity index (χ4v) is 3.02. The highest BCUT2D eigenvalue weighted by Crippen LogP contribution is 2.33. The number of nitrogens with one attached hydrogen (secondary N) is 1. The standard InChI is InChI=1S/C18H19ClN2O3/c1-23-16-8-12-6-7-21(11-13(12)9-17(16)24-2)18(22)20-15-5-3-4-14(19)10-15/h3-5,8-10H,6-7,11H2,1-2H3,(H,20,22). The van der Waals surface area contributed by atoms with Crippen LogP contribution < -0.4 is 14.8 Å². The monoisotopic (exact) mass is 346 g/mol. The number of fused-ring (bicyclic) bond motifs is 1. The topological polar surface area (TPSA) is 50.8 Å². The summed E-state index contributed by atoms with van der Waals surface area (Å²) in [6, 6.07) is 10.9. The Labute approximate surface area is 146 Å². The van der Waals surface area contributed by atoms with Crippen LogP contribution in [0, 0.1) is 0 Å². The lowest BCUT2D eigenvalue weighted by Gasteiger charge is -2.29. The molecule has 1 aliphatic heterocycles. The Hall–Kier alpha value is -2.40. The minimum Gasteiger partial charge on any atom is -0.493 e. The van der Waals surface area contributed by atoms with Crippen LogP contribution in [0.4, 0.5) is 10.5 Å². The minimum absolute atomic E-state index is 0.141. The summed E-state index contributed by atoms with van der Waals surface area (Å²) >= 11 is 5.95. The summed E-state index contributed by atoms with van der Waals surface area (Å²) in [6.07, 6.45) is 0.776. The van der Waals surface area contributed by atoms with Crippen molar-refractivity contribution in [2.75, 3.05) is 26.1 Å². The number of anilines is 1. The van der Waals surface area contributed by atoms with E-state index < -0.39 is 0 Å². The molecule has 2 amide bonds. The quantitative estimate of drug-likeness (QED) is 0.915. The predicted octanol–water partition coefficient (Wildman–Crippen LogP) is 3.95. The van der Waals surface area contributed by atoms with Crippen molar-refractivity contribution in [1.82, 2.24) is 4.90 Å². The number of hydrogen-bond donors (Lipinski definition) is 1. The summed E-state index contributed by atoms with van der Waals surface area (Å²) in [4.78, 5) is 14.3. The first-order valence-corrected chi connectivity index (χ1v) is 8.04. The van der Waals surface area contributed by atoms with Crippen molar-refractivity contribution >= 4 is 23.3 Å². The van der Waals surface area contributed by atoms with E-state index in [2.05, 4.69) is 5.32 Å². The van der Waals surface area contributed by atoms with Gasteiger partial charge in [-0.15, -0.1) is 0 Å². The number of ether oxygens (including phenoxy) is 2. The lowest BCUT2D eigenvalue weighted by Crippen LogP contribution is -2.38. The molecule has 0 fully saturated rings. The van der Waals surface area contributed by atoms with Crippen LogP contribution in [0.5, 0.6) is 11.5 Å². The molecular formula is C18H19ClN2O3. The lowest BCUT2D eigenvalue weighted by molar-refractivity contribution is 0.206. The molecule has 0 bridgehead atoms. The van der Waals surface area contributed by atoms with Gasteiger partial charge in [0.05, 0.1) is 14.2 Å². The van der Waals surface area contributed by atoms with E-state index in [1.54, 1.807) is 37.3 Å². The number of carbonyl (C=O) groups excluding carboxylic acids is 1. The Morgan fingerprint density at radius 2 is 1.83 bits per heavy atom. The summed E-state index contributed by atoms with van der Waals surface area (Å²) in [5, 5.41) is 3.47. The smallest absolute Gasteiger partial charge is 0.322 e. The zero-order chi connectivity index (χ0) is 17.1. The van der Waals surface area contributed by atoms with Gasteiger partial charge in [-0.2, -0.15) is 0 Å². The summed E-state index contributed by atoms with van der Waals surface area (Å²) in [5.74, 6) is 1.39. The summed E-state index contributed by atoms with van der Waals surface area (Å²) in [6.45, 7) is 1.18. The van der Waals surface area contributed by atoms with E-state index in [-0.39, 0.29) is 6.03 Å². The first-order chi connectivity index (χ1) is 11.6. The first kappa shape index (κ1) is 16.5. The summed E-state index contributed by atoms with van der Waals surface area (Å²) in [7, 11) is 3.23. The third-order valence-electron chi connectivity index (χ3n) is 4.08. The third-order valence-corrected chi connectivity index (χ3v) is 4.32. The van der Waals surface area contributed by atoms with Gasteiger partial charge in [0.25, 0.3) is 0 Å². The van der Waals surface area contributed by atoms with E-state index in [4.69, 9.17) is 21.1 Å². The van der Waals surface area contributed by atoms with E-state index in [0.29, 0.717) is 35.3 Å². The molecule has 0 spiro atoms. The zero-order valence-corrected chi connectivity index (χ0v) is 14.4.